The minimum absolute atomic E-state index is 0.428. The van der Waals surface area contributed by atoms with E-state index in [4.69, 9.17) is 9.95 Å². The van der Waals surface area contributed by atoms with E-state index in [-0.39, 0.29) is 0 Å². The molecule has 0 bridgehead atoms. The predicted molar refractivity (Wildman–Crippen MR) is 41.2 cm³/mol. The molecule has 5 heteroatoms. The Labute approximate surface area is 63.6 Å². The molecule has 1 aromatic rings. The van der Waals surface area contributed by atoms with E-state index in [1.54, 1.807) is 18.4 Å². The van der Waals surface area contributed by atoms with Gasteiger partial charge in [0.2, 0.25) is 0 Å². The van der Waals surface area contributed by atoms with Crippen molar-refractivity contribution in [1.82, 2.24) is 0 Å². The van der Waals surface area contributed by atoms with Crippen LogP contribution in [0, 0.1) is 0 Å². The van der Waals surface area contributed by atoms with E-state index < -0.39 is 0 Å². The topological polar surface area (TPSA) is 73.9 Å². The number of nitrogens with zero attached hydrogens (tertiary/aromatic N) is 3. The molecule has 0 radical (unpaired) electrons. The largest absolute Gasteiger partial charge is 0.449 e. The Bertz CT molecular complexity index is 237. The Morgan fingerprint density at radius 1 is 1.73 bits per heavy atom. The van der Waals surface area contributed by atoms with Crippen molar-refractivity contribution < 1.29 is 4.42 Å². The fraction of sp³-hybridized carbons (Fsp3) is 0.333. The highest BCUT2D eigenvalue weighted by Gasteiger charge is 1.89. The smallest absolute Gasteiger partial charge is 0.192 e. The Kier molecular flexibility index (Phi) is 2.89. The zero-order valence-corrected chi connectivity index (χ0v) is 5.90. The molecule has 11 heavy (non-hydrogen) atoms. The van der Waals surface area contributed by atoms with Gasteiger partial charge in [-0.25, -0.2) is 0 Å². The lowest BCUT2D eigenvalue weighted by atomic mass is 10.6. The predicted octanol–water partition coefficient (Wildman–Crippen LogP) is 2.00. The van der Waals surface area contributed by atoms with Gasteiger partial charge in [0.1, 0.15) is 0 Å². The first-order valence-corrected chi connectivity index (χ1v) is 3.21. The van der Waals surface area contributed by atoms with Crippen molar-refractivity contribution in [2.45, 2.75) is 0 Å². The molecule has 0 aromatic carbocycles. The van der Waals surface area contributed by atoms with Crippen LogP contribution in [0.1, 0.15) is 0 Å². The van der Waals surface area contributed by atoms with Gasteiger partial charge in [-0.15, -0.1) is 0 Å². The quantitative estimate of drug-likeness (QED) is 0.310. The molecule has 1 rings (SSSR count). The van der Waals surface area contributed by atoms with Crippen LogP contribution in [0.5, 0.6) is 0 Å². The van der Waals surface area contributed by atoms with Crippen LogP contribution in [-0.4, -0.2) is 13.1 Å². The number of furan rings is 1. The summed E-state index contributed by atoms with van der Waals surface area (Å²) >= 11 is 0. The molecule has 0 fully saturated rings. The maximum atomic E-state index is 7.93. The summed E-state index contributed by atoms with van der Waals surface area (Å²) in [5.74, 6) is 0.693. The van der Waals surface area contributed by atoms with Crippen LogP contribution in [0.3, 0.4) is 0 Å². The lowest BCUT2D eigenvalue weighted by Crippen LogP contribution is -2.02. The van der Waals surface area contributed by atoms with Crippen LogP contribution >= 0.6 is 0 Å². The average molecular weight is 152 g/mol. The maximum Gasteiger partial charge on any atom is 0.192 e. The van der Waals surface area contributed by atoms with Crippen LogP contribution in [0.15, 0.2) is 27.9 Å². The third-order valence-corrected chi connectivity index (χ3v) is 1.10. The van der Waals surface area contributed by atoms with Gasteiger partial charge in [0.25, 0.3) is 0 Å². The Morgan fingerprint density at radius 2 is 2.64 bits per heavy atom. The van der Waals surface area contributed by atoms with E-state index in [0.29, 0.717) is 19.0 Å². The molecule has 1 N–H and O–H groups in total. The van der Waals surface area contributed by atoms with Crippen molar-refractivity contribution in [2.24, 2.45) is 5.11 Å². The van der Waals surface area contributed by atoms with E-state index in [0.717, 1.165) is 0 Å². The first kappa shape index (κ1) is 7.50. The Hall–Kier alpha value is -1.61. The third kappa shape index (κ3) is 2.64. The SMILES string of the molecule is [N-]=[N+]=NCCNc1ccco1. The summed E-state index contributed by atoms with van der Waals surface area (Å²) in [6.07, 6.45) is 1.58. The van der Waals surface area contributed by atoms with Crippen molar-refractivity contribution >= 4 is 5.88 Å². The summed E-state index contributed by atoms with van der Waals surface area (Å²) in [6, 6.07) is 3.59. The number of nitrogens with one attached hydrogen (secondary N) is 1. The van der Waals surface area contributed by atoms with Gasteiger partial charge in [-0.05, 0) is 11.6 Å². The zero-order chi connectivity index (χ0) is 7.94. The molecule has 0 aliphatic carbocycles. The van der Waals surface area contributed by atoms with Crippen molar-refractivity contribution in [3.63, 3.8) is 0 Å². The molecule has 0 spiro atoms. The van der Waals surface area contributed by atoms with Crippen molar-refractivity contribution in [1.29, 1.82) is 0 Å². The number of anilines is 1. The number of azide groups is 1. The van der Waals surface area contributed by atoms with Gasteiger partial charge >= 0.3 is 0 Å². The minimum atomic E-state index is 0.428. The summed E-state index contributed by atoms with van der Waals surface area (Å²) in [7, 11) is 0. The van der Waals surface area contributed by atoms with Gasteiger partial charge in [0, 0.05) is 24.1 Å². The maximum absolute atomic E-state index is 7.93. The molecule has 1 aromatic heterocycles. The summed E-state index contributed by atoms with van der Waals surface area (Å²) in [5, 5.41) is 6.28. The van der Waals surface area contributed by atoms with Crippen LogP contribution in [-0.2, 0) is 0 Å². The van der Waals surface area contributed by atoms with Crippen LogP contribution in [0.4, 0.5) is 5.88 Å². The molecule has 0 saturated heterocycles. The molecule has 0 unspecified atom stereocenters. The van der Waals surface area contributed by atoms with Crippen LogP contribution in [0.2, 0.25) is 0 Å². The van der Waals surface area contributed by atoms with E-state index >= 15 is 0 Å². The van der Waals surface area contributed by atoms with Gasteiger partial charge in [-0.3, -0.25) is 0 Å². The van der Waals surface area contributed by atoms with Gasteiger partial charge in [0.05, 0.1) is 6.26 Å². The Morgan fingerprint density at radius 3 is 3.27 bits per heavy atom. The standard InChI is InChI=1S/C6H8N4O/c7-10-9-4-3-8-6-2-1-5-11-6/h1-2,5,8H,3-4H2. The summed E-state index contributed by atoms with van der Waals surface area (Å²) in [4.78, 5) is 2.61. The van der Waals surface area contributed by atoms with Crippen molar-refractivity contribution in [3.05, 3.63) is 28.8 Å². The van der Waals surface area contributed by atoms with Crippen LogP contribution in [0.25, 0.3) is 10.4 Å². The second-order valence-corrected chi connectivity index (χ2v) is 1.86. The first-order chi connectivity index (χ1) is 5.43. The van der Waals surface area contributed by atoms with Gasteiger partial charge in [0.15, 0.2) is 5.88 Å². The van der Waals surface area contributed by atoms with Crippen molar-refractivity contribution in [2.75, 3.05) is 18.4 Å². The second-order valence-electron chi connectivity index (χ2n) is 1.86. The summed E-state index contributed by atoms with van der Waals surface area (Å²) in [6.45, 7) is 1.02. The van der Waals surface area contributed by atoms with Crippen molar-refractivity contribution in [3.8, 4) is 0 Å². The fourth-order valence-electron chi connectivity index (χ4n) is 0.653. The van der Waals surface area contributed by atoms with E-state index in [9.17, 15) is 0 Å². The minimum Gasteiger partial charge on any atom is -0.449 e. The average Bonchev–Trinajstić information content (AvgIpc) is 2.50. The van der Waals surface area contributed by atoms with E-state index in [1.165, 1.54) is 0 Å². The van der Waals surface area contributed by atoms with Gasteiger partial charge < -0.3 is 9.73 Å². The van der Waals surface area contributed by atoms with Crippen LogP contribution < -0.4 is 5.32 Å². The van der Waals surface area contributed by atoms with Gasteiger partial charge in [-0.1, -0.05) is 5.11 Å². The Balaban J connectivity index is 2.18. The zero-order valence-electron chi connectivity index (χ0n) is 5.90. The third-order valence-electron chi connectivity index (χ3n) is 1.10. The molecule has 0 amide bonds. The monoisotopic (exact) mass is 152 g/mol. The lowest BCUT2D eigenvalue weighted by molar-refractivity contribution is 0.579. The number of hydrogen-bond donors (Lipinski definition) is 1. The highest BCUT2D eigenvalue weighted by Crippen LogP contribution is 2.04. The molecule has 5 nitrogen and oxygen atoms in total. The summed E-state index contributed by atoms with van der Waals surface area (Å²) < 4.78 is 4.97. The highest BCUT2D eigenvalue weighted by atomic mass is 16.3. The van der Waals surface area contributed by atoms with E-state index in [1.807, 2.05) is 0 Å². The number of hydrogen-bond acceptors (Lipinski definition) is 3. The molecular weight excluding hydrogens is 144 g/mol. The number of rotatable bonds is 4. The fourth-order valence-corrected chi connectivity index (χ4v) is 0.653. The molecule has 0 atom stereocenters. The lowest BCUT2D eigenvalue weighted by Gasteiger charge is -1.96. The molecule has 0 aliphatic heterocycles. The molecular formula is C6H8N4O. The van der Waals surface area contributed by atoms with E-state index in [2.05, 4.69) is 15.3 Å². The normalized spacial score (nSPS) is 8.73. The molecule has 0 saturated carbocycles. The second kappa shape index (κ2) is 4.24. The first-order valence-electron chi connectivity index (χ1n) is 3.21. The molecule has 0 aliphatic rings. The molecule has 1 heterocycles. The summed E-state index contributed by atoms with van der Waals surface area (Å²) in [5.41, 5.74) is 7.93. The highest BCUT2D eigenvalue weighted by molar-refractivity contribution is 5.29. The molecule has 58 valence electrons. The van der Waals surface area contributed by atoms with Gasteiger partial charge in [-0.2, -0.15) is 0 Å².